The van der Waals surface area contributed by atoms with Crippen molar-refractivity contribution >= 4 is 34.5 Å². The van der Waals surface area contributed by atoms with Crippen LogP contribution in [0.3, 0.4) is 0 Å². The highest BCUT2D eigenvalue weighted by Crippen LogP contribution is 2.21. The first-order chi connectivity index (χ1) is 8.97. The largest absolute Gasteiger partial charge is 0.398 e. The molecule has 3 N–H and O–H groups in total. The lowest BCUT2D eigenvalue weighted by Crippen LogP contribution is -2.27. The quantitative estimate of drug-likeness (QED) is 0.855. The molecule has 2 rings (SSSR count). The second kappa shape index (κ2) is 5.59. The summed E-state index contributed by atoms with van der Waals surface area (Å²) in [6.45, 7) is 3.87. The molecule has 1 aromatic heterocycles. The van der Waals surface area contributed by atoms with Crippen LogP contribution in [-0.4, -0.2) is 10.9 Å². The number of nitrogens with one attached hydrogen (secondary N) is 1. The third-order valence-electron chi connectivity index (χ3n) is 2.62. The van der Waals surface area contributed by atoms with Gasteiger partial charge in [-0.25, -0.2) is 4.98 Å². The van der Waals surface area contributed by atoms with Gasteiger partial charge in [0.05, 0.1) is 11.6 Å². The summed E-state index contributed by atoms with van der Waals surface area (Å²) in [6.07, 6.45) is 1.79. The van der Waals surface area contributed by atoms with Crippen LogP contribution in [0.5, 0.6) is 0 Å². The summed E-state index contributed by atoms with van der Waals surface area (Å²) in [4.78, 5) is 17.5. The fourth-order valence-electron chi connectivity index (χ4n) is 1.65. The average Bonchev–Trinajstić information content (AvgIpc) is 2.75. The van der Waals surface area contributed by atoms with Crippen LogP contribution in [0.15, 0.2) is 24.4 Å². The van der Waals surface area contributed by atoms with E-state index in [1.165, 1.54) is 0 Å². The van der Waals surface area contributed by atoms with Gasteiger partial charge in [0.15, 0.2) is 0 Å². The van der Waals surface area contributed by atoms with Gasteiger partial charge in [0, 0.05) is 21.8 Å². The molecule has 0 saturated heterocycles. The Labute approximate surface area is 120 Å². The van der Waals surface area contributed by atoms with Crippen molar-refractivity contribution in [2.24, 2.45) is 0 Å². The maximum atomic E-state index is 12.1. The second-order valence-electron chi connectivity index (χ2n) is 4.24. The van der Waals surface area contributed by atoms with Crippen molar-refractivity contribution in [1.29, 1.82) is 0 Å². The molecular weight excluding hydrogens is 282 g/mol. The number of halogens is 1. The van der Waals surface area contributed by atoms with Gasteiger partial charge in [-0.2, -0.15) is 0 Å². The third kappa shape index (κ3) is 3.24. The van der Waals surface area contributed by atoms with Crippen molar-refractivity contribution in [2.75, 3.05) is 5.73 Å². The molecule has 0 radical (unpaired) electrons. The van der Waals surface area contributed by atoms with Crippen molar-refractivity contribution in [3.8, 4) is 0 Å². The van der Waals surface area contributed by atoms with Gasteiger partial charge in [-0.05, 0) is 32.0 Å². The van der Waals surface area contributed by atoms with Crippen LogP contribution in [0, 0.1) is 6.92 Å². The number of anilines is 1. The van der Waals surface area contributed by atoms with E-state index >= 15 is 0 Å². The van der Waals surface area contributed by atoms with Gasteiger partial charge >= 0.3 is 0 Å². The monoisotopic (exact) mass is 295 g/mol. The Kier molecular flexibility index (Phi) is 4.07. The molecule has 6 heteroatoms. The number of hydrogen-bond donors (Lipinski definition) is 2. The zero-order valence-electron chi connectivity index (χ0n) is 10.6. The summed E-state index contributed by atoms with van der Waals surface area (Å²) in [5.74, 6) is -0.227. The summed E-state index contributed by atoms with van der Waals surface area (Å²) in [6, 6.07) is 4.67. The minimum atomic E-state index is -0.227. The van der Waals surface area contributed by atoms with Crippen LogP contribution in [0.2, 0.25) is 5.02 Å². The number of aromatic nitrogens is 1. The summed E-state index contributed by atoms with van der Waals surface area (Å²) in [5.41, 5.74) is 6.57. The molecule has 1 atom stereocenters. The highest BCUT2D eigenvalue weighted by Gasteiger charge is 2.15. The van der Waals surface area contributed by atoms with E-state index in [1.807, 2.05) is 13.8 Å². The molecule has 0 aliphatic rings. The van der Waals surface area contributed by atoms with E-state index in [4.69, 9.17) is 17.3 Å². The Morgan fingerprint density at radius 3 is 2.84 bits per heavy atom. The number of carbonyl (C=O) groups is 1. The molecule has 4 nitrogen and oxygen atoms in total. The molecule has 1 amide bonds. The zero-order valence-corrected chi connectivity index (χ0v) is 12.2. The van der Waals surface area contributed by atoms with E-state index < -0.39 is 0 Å². The Morgan fingerprint density at radius 1 is 1.53 bits per heavy atom. The molecule has 0 fully saturated rings. The molecule has 19 heavy (non-hydrogen) atoms. The van der Waals surface area contributed by atoms with Crippen LogP contribution in [-0.2, 0) is 0 Å². The van der Waals surface area contributed by atoms with Gasteiger partial charge in [0.1, 0.15) is 5.01 Å². The smallest absolute Gasteiger partial charge is 0.253 e. The molecular formula is C13H14ClN3OS. The summed E-state index contributed by atoms with van der Waals surface area (Å²) >= 11 is 7.37. The van der Waals surface area contributed by atoms with Crippen LogP contribution < -0.4 is 11.1 Å². The predicted molar refractivity (Wildman–Crippen MR) is 78.6 cm³/mol. The maximum Gasteiger partial charge on any atom is 0.253 e. The Bertz CT molecular complexity index is 612. The normalized spacial score (nSPS) is 12.2. The van der Waals surface area contributed by atoms with Crippen LogP contribution in [0.1, 0.15) is 33.2 Å². The average molecular weight is 296 g/mol. The van der Waals surface area contributed by atoms with E-state index in [-0.39, 0.29) is 11.9 Å². The number of carbonyl (C=O) groups excluding carboxylic acids is 1. The Balaban J connectivity index is 2.12. The van der Waals surface area contributed by atoms with Crippen molar-refractivity contribution < 1.29 is 4.79 Å². The van der Waals surface area contributed by atoms with E-state index in [2.05, 4.69) is 10.3 Å². The topological polar surface area (TPSA) is 68.0 Å². The fourth-order valence-corrected chi connectivity index (χ4v) is 2.61. The molecule has 1 heterocycles. The van der Waals surface area contributed by atoms with Crippen molar-refractivity contribution in [3.05, 3.63) is 44.9 Å². The lowest BCUT2D eigenvalue weighted by atomic mass is 10.1. The number of amides is 1. The minimum Gasteiger partial charge on any atom is -0.398 e. The van der Waals surface area contributed by atoms with E-state index in [1.54, 1.807) is 35.7 Å². The van der Waals surface area contributed by atoms with Gasteiger partial charge in [-0.3, -0.25) is 4.79 Å². The molecule has 0 saturated carbocycles. The zero-order chi connectivity index (χ0) is 14.0. The molecule has 100 valence electrons. The van der Waals surface area contributed by atoms with Crippen LogP contribution >= 0.6 is 22.9 Å². The number of benzene rings is 1. The number of nitrogen functional groups attached to an aromatic ring is 1. The number of rotatable bonds is 3. The van der Waals surface area contributed by atoms with E-state index in [0.717, 1.165) is 9.88 Å². The number of hydrogen-bond acceptors (Lipinski definition) is 4. The molecule has 1 unspecified atom stereocenters. The highest BCUT2D eigenvalue weighted by atomic mass is 35.5. The summed E-state index contributed by atoms with van der Waals surface area (Å²) < 4.78 is 0. The van der Waals surface area contributed by atoms with Crippen LogP contribution in [0.25, 0.3) is 0 Å². The molecule has 1 aromatic carbocycles. The van der Waals surface area contributed by atoms with Gasteiger partial charge in [0.25, 0.3) is 5.91 Å². The number of aryl methyl sites for hydroxylation is 1. The van der Waals surface area contributed by atoms with E-state index in [0.29, 0.717) is 16.3 Å². The maximum absolute atomic E-state index is 12.1. The van der Waals surface area contributed by atoms with Crippen molar-refractivity contribution in [2.45, 2.75) is 19.9 Å². The SMILES string of the molecule is Cc1cnc(C(C)NC(=O)c2ccc(Cl)cc2N)s1. The second-order valence-corrected chi connectivity index (χ2v) is 5.94. The summed E-state index contributed by atoms with van der Waals surface area (Å²) in [5, 5.41) is 4.26. The van der Waals surface area contributed by atoms with Crippen molar-refractivity contribution in [1.82, 2.24) is 10.3 Å². The standard InChI is InChI=1S/C13H14ClN3OS/c1-7-6-16-13(19-7)8(2)17-12(18)10-4-3-9(14)5-11(10)15/h3-6,8H,15H2,1-2H3,(H,17,18). The lowest BCUT2D eigenvalue weighted by Gasteiger charge is -2.12. The lowest BCUT2D eigenvalue weighted by molar-refractivity contribution is 0.0941. The minimum absolute atomic E-state index is 0.152. The molecule has 0 bridgehead atoms. The molecule has 0 spiro atoms. The van der Waals surface area contributed by atoms with Crippen LogP contribution in [0.4, 0.5) is 5.69 Å². The number of nitrogens with two attached hydrogens (primary N) is 1. The number of thiazole rings is 1. The number of nitrogens with zero attached hydrogens (tertiary/aromatic N) is 1. The van der Waals surface area contributed by atoms with Gasteiger partial charge in [0.2, 0.25) is 0 Å². The molecule has 0 aliphatic heterocycles. The molecule has 0 aliphatic carbocycles. The first kappa shape index (κ1) is 13.8. The van der Waals surface area contributed by atoms with Gasteiger partial charge < -0.3 is 11.1 Å². The highest BCUT2D eigenvalue weighted by molar-refractivity contribution is 7.11. The van der Waals surface area contributed by atoms with E-state index in [9.17, 15) is 4.79 Å². The van der Waals surface area contributed by atoms with Crippen molar-refractivity contribution in [3.63, 3.8) is 0 Å². The fraction of sp³-hybridized carbons (Fsp3) is 0.231. The first-order valence-corrected chi connectivity index (χ1v) is 6.95. The van der Waals surface area contributed by atoms with Gasteiger partial charge in [-0.15, -0.1) is 11.3 Å². The Morgan fingerprint density at radius 2 is 2.26 bits per heavy atom. The third-order valence-corrected chi connectivity index (χ3v) is 3.95. The first-order valence-electron chi connectivity index (χ1n) is 5.75. The predicted octanol–water partition coefficient (Wildman–Crippen LogP) is 3.18. The van der Waals surface area contributed by atoms with Gasteiger partial charge in [-0.1, -0.05) is 11.6 Å². The molecule has 2 aromatic rings. The Hall–Kier alpha value is -1.59. The summed E-state index contributed by atoms with van der Waals surface area (Å²) in [7, 11) is 0.